The average Bonchev–Trinajstić information content (AvgIpc) is 2.34. The predicted molar refractivity (Wildman–Crippen MR) is 65.4 cm³/mol. The van der Waals surface area contributed by atoms with Crippen LogP contribution in [-0.2, 0) is 9.47 Å². The van der Waals surface area contributed by atoms with Gasteiger partial charge >= 0.3 is 0 Å². The Hall–Kier alpha value is -0.110. The molecule has 2 heterocycles. The van der Waals surface area contributed by atoms with Crippen LogP contribution in [0.3, 0.4) is 0 Å². The van der Waals surface area contributed by atoms with Crippen molar-refractivity contribution in [3.05, 3.63) is 12.2 Å². The number of ether oxygens (including phenoxy) is 2. The van der Waals surface area contributed by atoms with E-state index in [2.05, 4.69) is 6.08 Å². The molecule has 2 bridgehead atoms. The van der Waals surface area contributed by atoms with E-state index in [4.69, 9.17) is 15.2 Å². The number of hydrogen-bond acceptors (Lipinski definition) is 6. The lowest BCUT2D eigenvalue weighted by Crippen LogP contribution is -2.57. The quantitative estimate of drug-likeness (QED) is 0.568. The first-order valence-electron chi connectivity index (χ1n) is 5.84. The Morgan fingerprint density at radius 3 is 2.94 bits per heavy atom. The third-order valence-electron chi connectivity index (χ3n) is 2.99. The van der Waals surface area contributed by atoms with Gasteiger partial charge in [0.05, 0.1) is 6.61 Å². The summed E-state index contributed by atoms with van der Waals surface area (Å²) in [7, 11) is 0. The molecule has 6 heteroatoms. The summed E-state index contributed by atoms with van der Waals surface area (Å²) in [5, 5.41) is 19.2. The molecule has 0 aromatic rings. The van der Waals surface area contributed by atoms with Gasteiger partial charge in [-0.1, -0.05) is 12.2 Å². The van der Waals surface area contributed by atoms with Crippen molar-refractivity contribution in [2.24, 2.45) is 5.73 Å². The summed E-state index contributed by atoms with van der Waals surface area (Å²) in [6, 6.07) is -0.277. The monoisotopic (exact) mass is 261 g/mol. The van der Waals surface area contributed by atoms with Crippen LogP contribution in [0.1, 0.15) is 12.8 Å². The summed E-state index contributed by atoms with van der Waals surface area (Å²) in [5.74, 6) is 0.886. The minimum atomic E-state index is -0.875. The van der Waals surface area contributed by atoms with E-state index in [1.165, 1.54) is 11.8 Å². The molecule has 5 atom stereocenters. The van der Waals surface area contributed by atoms with Crippen LogP contribution >= 0.6 is 11.8 Å². The smallest absolute Gasteiger partial charge is 0.207 e. The van der Waals surface area contributed by atoms with Crippen LogP contribution in [0.15, 0.2) is 12.2 Å². The Morgan fingerprint density at radius 2 is 2.18 bits per heavy atom. The number of rotatable bonds is 1. The fraction of sp³-hybridized carbons (Fsp3) is 0.818. The van der Waals surface area contributed by atoms with Crippen LogP contribution in [0.25, 0.3) is 0 Å². The summed E-state index contributed by atoms with van der Waals surface area (Å²) in [6.45, 7) is -0.222. The molecule has 0 spiro atoms. The van der Waals surface area contributed by atoms with Gasteiger partial charge < -0.3 is 25.4 Å². The van der Waals surface area contributed by atoms with Gasteiger partial charge in [0.25, 0.3) is 0 Å². The molecule has 98 valence electrons. The fourth-order valence-corrected chi connectivity index (χ4v) is 2.89. The van der Waals surface area contributed by atoms with Crippen LogP contribution < -0.4 is 5.73 Å². The van der Waals surface area contributed by atoms with Gasteiger partial charge in [0, 0.05) is 11.8 Å². The zero-order valence-corrected chi connectivity index (χ0v) is 10.4. The highest BCUT2D eigenvalue weighted by Gasteiger charge is 2.41. The first-order chi connectivity index (χ1) is 8.22. The molecule has 4 N–H and O–H groups in total. The van der Waals surface area contributed by atoms with E-state index in [0.29, 0.717) is 6.42 Å². The summed E-state index contributed by atoms with van der Waals surface area (Å²) < 4.78 is 11.1. The van der Waals surface area contributed by atoms with Crippen LogP contribution in [0.2, 0.25) is 0 Å². The third-order valence-corrected chi connectivity index (χ3v) is 3.95. The second kappa shape index (κ2) is 6.17. The lowest BCUT2D eigenvalue weighted by molar-refractivity contribution is -0.258. The van der Waals surface area contributed by atoms with Crippen LogP contribution in [0.5, 0.6) is 0 Å². The van der Waals surface area contributed by atoms with E-state index in [-0.39, 0.29) is 12.6 Å². The molecular formula is C11H19NO4S. The summed E-state index contributed by atoms with van der Waals surface area (Å²) in [6.07, 6.45) is 3.74. The van der Waals surface area contributed by atoms with E-state index in [0.717, 1.165) is 12.2 Å². The molecule has 17 heavy (non-hydrogen) atoms. The van der Waals surface area contributed by atoms with E-state index < -0.39 is 23.9 Å². The van der Waals surface area contributed by atoms with Crippen LogP contribution in [-0.4, -0.2) is 52.5 Å². The lowest BCUT2D eigenvalue weighted by Gasteiger charge is -2.41. The molecule has 1 saturated heterocycles. The molecule has 1 fully saturated rings. The molecular weight excluding hydrogens is 242 g/mol. The van der Waals surface area contributed by atoms with Gasteiger partial charge in [-0.25, -0.2) is 0 Å². The van der Waals surface area contributed by atoms with Crippen molar-refractivity contribution in [3.8, 4) is 0 Å². The number of fused-ring (bicyclic) bond motifs is 2. The van der Waals surface area contributed by atoms with Crippen molar-refractivity contribution >= 4 is 11.8 Å². The number of allylic oxidation sites excluding steroid dienone is 1. The Labute approximate surface area is 105 Å². The molecule has 4 unspecified atom stereocenters. The van der Waals surface area contributed by atoms with E-state index in [9.17, 15) is 10.2 Å². The highest BCUT2D eigenvalue weighted by atomic mass is 32.2. The predicted octanol–water partition coefficient (Wildman–Crippen LogP) is -0.182. The topological polar surface area (TPSA) is 84.9 Å². The van der Waals surface area contributed by atoms with Gasteiger partial charge in [-0.2, -0.15) is 0 Å². The third kappa shape index (κ3) is 3.21. The summed E-state index contributed by atoms with van der Waals surface area (Å²) in [5.41, 5.74) is 5.55. The first-order valence-corrected chi connectivity index (χ1v) is 6.89. The maximum atomic E-state index is 10.0. The Bertz CT molecular complexity index is 276. The Balaban J connectivity index is 2.11. The molecule has 0 aromatic heterocycles. The number of nitrogens with two attached hydrogens (primary N) is 1. The van der Waals surface area contributed by atoms with Crippen molar-refractivity contribution in [2.75, 3.05) is 12.4 Å². The Kier molecular flexibility index (Phi) is 4.84. The van der Waals surface area contributed by atoms with Crippen molar-refractivity contribution < 1.29 is 19.7 Å². The largest absolute Gasteiger partial charge is 0.394 e. The molecule has 2 aliphatic heterocycles. The number of hydrogen-bond donors (Lipinski definition) is 3. The second-order valence-electron chi connectivity index (χ2n) is 4.27. The first kappa shape index (κ1) is 13.3. The maximum absolute atomic E-state index is 10.0. The number of thioether (sulfide) groups is 1. The minimum absolute atomic E-state index is 0.222. The zero-order chi connectivity index (χ0) is 12.3. The zero-order valence-electron chi connectivity index (χ0n) is 9.57. The number of aliphatic hydroxyl groups excluding tert-OH is 2. The van der Waals surface area contributed by atoms with Gasteiger partial charge in [-0.15, -0.1) is 11.8 Å². The van der Waals surface area contributed by atoms with E-state index >= 15 is 0 Å². The highest BCUT2D eigenvalue weighted by Crippen LogP contribution is 2.29. The number of aliphatic hydroxyl groups is 2. The van der Waals surface area contributed by atoms with Crippen molar-refractivity contribution in [2.45, 2.75) is 42.8 Å². The highest BCUT2D eigenvalue weighted by molar-refractivity contribution is 7.99. The molecule has 5 nitrogen and oxygen atoms in total. The maximum Gasteiger partial charge on any atom is 0.207 e. The second-order valence-corrected chi connectivity index (χ2v) is 5.39. The molecule has 2 aliphatic rings. The SMILES string of the molecule is N[C@@H]1C/C=C\CCSC2OC(CO)C(O)C1O2. The fourth-order valence-electron chi connectivity index (χ4n) is 2.00. The van der Waals surface area contributed by atoms with Crippen molar-refractivity contribution in [3.63, 3.8) is 0 Å². The molecule has 0 amide bonds. The van der Waals surface area contributed by atoms with Gasteiger partial charge in [0.15, 0.2) is 0 Å². The lowest BCUT2D eigenvalue weighted by atomic mass is 9.98. The van der Waals surface area contributed by atoms with E-state index in [1.54, 1.807) is 0 Å². The summed E-state index contributed by atoms with van der Waals surface area (Å²) in [4.78, 5) is 0. The van der Waals surface area contributed by atoms with Crippen molar-refractivity contribution in [1.82, 2.24) is 0 Å². The molecule has 0 radical (unpaired) electrons. The molecule has 0 aliphatic carbocycles. The Morgan fingerprint density at radius 1 is 1.35 bits per heavy atom. The van der Waals surface area contributed by atoms with E-state index in [1.807, 2.05) is 6.08 Å². The standard InChI is InChI=1S/C11H19NO4S/c12-7-4-2-1-3-5-17-11-15-8(6-13)9(14)10(7)16-11/h1-2,7-11,13-14H,3-6,12H2/b2-1-/t7-,8?,9?,10?,11?/m1/s1. The molecule has 0 aromatic carbocycles. The molecule has 0 saturated carbocycles. The summed E-state index contributed by atoms with van der Waals surface area (Å²) >= 11 is 1.52. The minimum Gasteiger partial charge on any atom is -0.394 e. The van der Waals surface area contributed by atoms with Crippen molar-refractivity contribution in [1.29, 1.82) is 0 Å². The normalized spacial score (nSPS) is 45.2. The average molecular weight is 261 g/mol. The van der Waals surface area contributed by atoms with Gasteiger partial charge in [-0.05, 0) is 12.8 Å². The molecule has 2 rings (SSSR count). The van der Waals surface area contributed by atoms with Gasteiger partial charge in [-0.3, -0.25) is 0 Å². The van der Waals surface area contributed by atoms with Crippen LogP contribution in [0.4, 0.5) is 0 Å². The van der Waals surface area contributed by atoms with Gasteiger partial charge in [0.1, 0.15) is 18.3 Å². The van der Waals surface area contributed by atoms with Gasteiger partial charge in [0.2, 0.25) is 5.62 Å². The van der Waals surface area contributed by atoms with Crippen LogP contribution in [0, 0.1) is 0 Å².